The quantitative estimate of drug-likeness (QED) is 0.323. The van der Waals surface area contributed by atoms with Gasteiger partial charge in [-0.3, -0.25) is 9.59 Å². The summed E-state index contributed by atoms with van der Waals surface area (Å²) in [6, 6.07) is 23.0. The molecule has 32 heavy (non-hydrogen) atoms. The highest BCUT2D eigenvalue weighted by Crippen LogP contribution is 2.18. The maximum absolute atomic E-state index is 12.8. The number of hydrogen-bond acceptors (Lipinski definition) is 3. The van der Waals surface area contributed by atoms with Crippen LogP contribution in [0.1, 0.15) is 44.1 Å². The third-order valence-electron chi connectivity index (χ3n) is 5.62. The molecule has 1 heterocycles. The summed E-state index contributed by atoms with van der Waals surface area (Å²) in [6.45, 7) is 4.76. The summed E-state index contributed by atoms with van der Waals surface area (Å²) in [5, 5.41) is 3.01. The van der Waals surface area contributed by atoms with Crippen molar-refractivity contribution in [3.05, 3.63) is 101 Å². The lowest BCUT2D eigenvalue weighted by Gasteiger charge is -2.10. The molecular weight excluding hydrogens is 398 g/mol. The highest BCUT2D eigenvalue weighted by atomic mass is 16.1. The maximum Gasteiger partial charge on any atom is 0.251 e. The van der Waals surface area contributed by atoms with Crippen LogP contribution in [-0.2, 0) is 13.0 Å². The first kappa shape index (κ1) is 21.5. The fraction of sp³-hybridized carbons (Fsp3) is 0.222. The Hall–Kier alpha value is -3.73. The van der Waals surface area contributed by atoms with Crippen LogP contribution in [0.3, 0.4) is 0 Å². The second-order valence-electron chi connectivity index (χ2n) is 8.07. The number of ketones is 1. The fourth-order valence-electron chi connectivity index (χ4n) is 3.96. The van der Waals surface area contributed by atoms with E-state index in [4.69, 9.17) is 4.98 Å². The Labute approximate surface area is 188 Å². The van der Waals surface area contributed by atoms with E-state index in [0.717, 1.165) is 34.4 Å². The van der Waals surface area contributed by atoms with Gasteiger partial charge in [-0.05, 0) is 44.0 Å². The van der Waals surface area contributed by atoms with Gasteiger partial charge < -0.3 is 9.88 Å². The molecule has 0 bridgehead atoms. The minimum Gasteiger partial charge on any atom is -0.352 e. The van der Waals surface area contributed by atoms with Crippen molar-refractivity contribution in [3.8, 4) is 0 Å². The largest absolute Gasteiger partial charge is 0.352 e. The van der Waals surface area contributed by atoms with Crippen molar-refractivity contribution in [2.45, 2.75) is 33.2 Å². The molecule has 162 valence electrons. The molecule has 0 spiro atoms. The van der Waals surface area contributed by atoms with Crippen molar-refractivity contribution in [1.29, 1.82) is 0 Å². The molecule has 1 amide bonds. The van der Waals surface area contributed by atoms with Gasteiger partial charge in [0, 0.05) is 24.1 Å². The van der Waals surface area contributed by atoms with Crippen LogP contribution in [0.4, 0.5) is 0 Å². The molecule has 0 saturated carbocycles. The van der Waals surface area contributed by atoms with Gasteiger partial charge in [0.15, 0.2) is 5.78 Å². The van der Waals surface area contributed by atoms with E-state index in [1.165, 1.54) is 0 Å². The molecule has 1 aromatic heterocycles. The van der Waals surface area contributed by atoms with E-state index in [2.05, 4.69) is 5.32 Å². The number of fused-ring (bicyclic) bond motifs is 1. The molecule has 5 heteroatoms. The fourth-order valence-corrected chi connectivity index (χ4v) is 3.96. The van der Waals surface area contributed by atoms with E-state index < -0.39 is 0 Å². The first-order valence-corrected chi connectivity index (χ1v) is 10.9. The number of nitrogens with zero attached hydrogens (tertiary/aromatic N) is 2. The molecule has 0 aliphatic carbocycles. The van der Waals surface area contributed by atoms with Crippen LogP contribution in [0.5, 0.6) is 0 Å². The maximum atomic E-state index is 12.8. The third-order valence-corrected chi connectivity index (χ3v) is 5.62. The number of nitrogens with one attached hydrogen (secondary N) is 1. The van der Waals surface area contributed by atoms with Crippen molar-refractivity contribution >= 4 is 22.7 Å². The van der Waals surface area contributed by atoms with E-state index in [1.807, 2.05) is 91.2 Å². The van der Waals surface area contributed by atoms with Crippen LogP contribution in [0, 0.1) is 13.8 Å². The van der Waals surface area contributed by atoms with Gasteiger partial charge in [-0.25, -0.2) is 4.98 Å². The van der Waals surface area contributed by atoms with E-state index in [1.54, 1.807) is 0 Å². The monoisotopic (exact) mass is 425 g/mol. The summed E-state index contributed by atoms with van der Waals surface area (Å²) in [7, 11) is 0. The Bertz CT molecular complexity index is 1260. The molecule has 0 unspecified atom stereocenters. The Kier molecular flexibility index (Phi) is 6.45. The van der Waals surface area contributed by atoms with Crippen molar-refractivity contribution < 1.29 is 9.59 Å². The number of carbonyl (C=O) groups excluding carboxylic acids is 2. The minimum absolute atomic E-state index is 0.0538. The van der Waals surface area contributed by atoms with Gasteiger partial charge in [-0.2, -0.15) is 0 Å². The predicted octanol–water partition coefficient (Wildman–Crippen LogP) is 4.90. The van der Waals surface area contributed by atoms with E-state index in [0.29, 0.717) is 24.1 Å². The van der Waals surface area contributed by atoms with Crippen LogP contribution in [-0.4, -0.2) is 27.8 Å². The Morgan fingerprint density at radius 3 is 2.47 bits per heavy atom. The van der Waals surface area contributed by atoms with Gasteiger partial charge >= 0.3 is 0 Å². The average Bonchev–Trinajstić information content (AvgIpc) is 3.14. The van der Waals surface area contributed by atoms with Crippen LogP contribution >= 0.6 is 0 Å². The Morgan fingerprint density at radius 1 is 0.938 bits per heavy atom. The Morgan fingerprint density at radius 2 is 1.69 bits per heavy atom. The number of imidazole rings is 1. The summed E-state index contributed by atoms with van der Waals surface area (Å²) >= 11 is 0. The number of amides is 1. The topological polar surface area (TPSA) is 64.0 Å². The lowest BCUT2D eigenvalue weighted by Crippen LogP contribution is -2.25. The van der Waals surface area contributed by atoms with Crippen molar-refractivity contribution in [2.24, 2.45) is 0 Å². The van der Waals surface area contributed by atoms with Crippen LogP contribution in [0.2, 0.25) is 0 Å². The number of aromatic nitrogens is 2. The summed E-state index contributed by atoms with van der Waals surface area (Å²) in [5.41, 5.74) is 5.34. The van der Waals surface area contributed by atoms with E-state index >= 15 is 0 Å². The smallest absolute Gasteiger partial charge is 0.251 e. The molecule has 0 aliphatic heterocycles. The third kappa shape index (κ3) is 4.78. The van der Waals surface area contributed by atoms with Crippen molar-refractivity contribution in [1.82, 2.24) is 14.9 Å². The zero-order chi connectivity index (χ0) is 22.5. The summed E-state index contributed by atoms with van der Waals surface area (Å²) in [4.78, 5) is 30.1. The predicted molar refractivity (Wildman–Crippen MR) is 127 cm³/mol. The van der Waals surface area contributed by atoms with Gasteiger partial charge in [0.05, 0.1) is 17.6 Å². The molecule has 3 aromatic carbocycles. The number of hydrogen-bond donors (Lipinski definition) is 1. The lowest BCUT2D eigenvalue weighted by molar-refractivity contribution is 0.0950. The molecule has 0 saturated heterocycles. The highest BCUT2D eigenvalue weighted by molar-refractivity contribution is 5.97. The molecule has 4 rings (SSSR count). The zero-order valence-electron chi connectivity index (χ0n) is 18.5. The molecule has 4 aromatic rings. The van der Waals surface area contributed by atoms with Gasteiger partial charge in [-0.15, -0.1) is 0 Å². The molecule has 0 atom stereocenters. The molecule has 0 aliphatic rings. The standard InChI is InChI=1S/C27H27N3O2/c1-19-14-15-22(20(2)17-19)27(32)28-16-8-13-26-29-23-11-6-7-12-24(23)30(26)18-25(31)21-9-4-3-5-10-21/h3-7,9-12,14-15,17H,8,13,16,18H2,1-2H3,(H,28,32). The SMILES string of the molecule is Cc1ccc(C(=O)NCCCc2nc3ccccc3n2CC(=O)c2ccccc2)c(C)c1. The number of Topliss-reactive ketones (excluding diaryl/α,β-unsaturated/α-hetero) is 1. The first-order valence-electron chi connectivity index (χ1n) is 10.9. The zero-order valence-corrected chi connectivity index (χ0v) is 18.5. The number of carbonyl (C=O) groups is 2. The number of rotatable bonds is 8. The minimum atomic E-state index is -0.0599. The number of aryl methyl sites for hydroxylation is 3. The summed E-state index contributed by atoms with van der Waals surface area (Å²) in [6.07, 6.45) is 1.41. The van der Waals surface area contributed by atoms with Gasteiger partial charge in [0.2, 0.25) is 0 Å². The van der Waals surface area contributed by atoms with Gasteiger partial charge in [-0.1, -0.05) is 60.2 Å². The van der Waals surface area contributed by atoms with E-state index in [9.17, 15) is 9.59 Å². The van der Waals surface area contributed by atoms with Crippen LogP contribution < -0.4 is 5.32 Å². The van der Waals surface area contributed by atoms with Gasteiger partial charge in [0.1, 0.15) is 5.82 Å². The highest BCUT2D eigenvalue weighted by Gasteiger charge is 2.15. The summed E-state index contributed by atoms with van der Waals surface area (Å²) < 4.78 is 2.00. The molecule has 0 radical (unpaired) electrons. The van der Waals surface area contributed by atoms with Crippen molar-refractivity contribution in [3.63, 3.8) is 0 Å². The van der Waals surface area contributed by atoms with Gasteiger partial charge in [0.25, 0.3) is 5.91 Å². The number of benzene rings is 3. The van der Waals surface area contributed by atoms with Crippen molar-refractivity contribution in [2.75, 3.05) is 6.54 Å². The first-order chi connectivity index (χ1) is 15.5. The summed E-state index contributed by atoms with van der Waals surface area (Å²) in [5.74, 6) is 0.852. The van der Waals surface area contributed by atoms with Crippen LogP contribution in [0.15, 0.2) is 72.8 Å². The molecule has 5 nitrogen and oxygen atoms in total. The normalized spacial score (nSPS) is 10.9. The van der Waals surface area contributed by atoms with Crippen LogP contribution in [0.25, 0.3) is 11.0 Å². The molecule has 0 fully saturated rings. The lowest BCUT2D eigenvalue weighted by atomic mass is 10.1. The Balaban J connectivity index is 1.44. The second-order valence-corrected chi connectivity index (χ2v) is 8.07. The number of para-hydroxylation sites is 2. The average molecular weight is 426 g/mol. The molecular formula is C27H27N3O2. The van der Waals surface area contributed by atoms with E-state index in [-0.39, 0.29) is 18.2 Å². The second kappa shape index (κ2) is 9.60. The molecule has 1 N–H and O–H groups in total.